The van der Waals surface area contributed by atoms with Crippen LogP contribution in [0.1, 0.15) is 18.4 Å². The number of benzene rings is 1. The molecule has 1 aromatic rings. The van der Waals surface area contributed by atoms with Gasteiger partial charge in [0.2, 0.25) is 5.82 Å². The lowest BCUT2D eigenvalue weighted by Gasteiger charge is -2.16. The highest BCUT2D eigenvalue weighted by Crippen LogP contribution is 2.49. The van der Waals surface area contributed by atoms with Gasteiger partial charge in [0.25, 0.3) is 0 Å². The maximum atomic E-state index is 13.8. The molecule has 1 saturated carbocycles. The van der Waals surface area contributed by atoms with E-state index in [1.54, 1.807) is 0 Å². The summed E-state index contributed by atoms with van der Waals surface area (Å²) in [7, 11) is 1.10. The Balaban J connectivity index is 2.59. The van der Waals surface area contributed by atoms with Crippen LogP contribution in [0.5, 0.6) is 5.75 Å². The van der Waals surface area contributed by atoms with Gasteiger partial charge in [0, 0.05) is 17.5 Å². The topological polar surface area (TPSA) is 35.2 Å². The largest absolute Gasteiger partial charge is 0.491 e. The second-order valence-electron chi connectivity index (χ2n) is 4.05. The first-order chi connectivity index (χ1) is 7.55. The molecule has 0 unspecified atom stereocenters. The second kappa shape index (κ2) is 3.66. The van der Waals surface area contributed by atoms with Gasteiger partial charge in [-0.05, 0) is 18.9 Å². The Hall–Kier alpha value is -1.23. The molecule has 0 aromatic heterocycles. The van der Waals surface area contributed by atoms with Crippen molar-refractivity contribution in [3.05, 3.63) is 29.1 Å². The summed E-state index contributed by atoms with van der Waals surface area (Å²) in [6, 6.07) is 0.882. The fourth-order valence-corrected chi connectivity index (χ4v) is 1.88. The summed E-state index contributed by atoms with van der Waals surface area (Å²) in [5.41, 5.74) is 5.11. The maximum absolute atomic E-state index is 13.8. The Kier molecular flexibility index (Phi) is 2.58. The van der Waals surface area contributed by atoms with Crippen LogP contribution in [0.25, 0.3) is 0 Å². The van der Waals surface area contributed by atoms with Crippen LogP contribution in [0.4, 0.5) is 13.2 Å². The quantitative estimate of drug-likeness (QED) is 0.808. The normalized spacial score (nSPS) is 17.3. The molecule has 0 heterocycles. The zero-order chi connectivity index (χ0) is 11.9. The monoisotopic (exact) mass is 231 g/mol. The first-order valence-electron chi connectivity index (χ1n) is 4.98. The molecule has 1 fully saturated rings. The van der Waals surface area contributed by atoms with Crippen molar-refractivity contribution >= 4 is 0 Å². The maximum Gasteiger partial charge on any atom is 0.203 e. The average molecular weight is 231 g/mol. The molecule has 0 bridgehead atoms. The highest BCUT2D eigenvalue weighted by Gasteiger charge is 2.46. The van der Waals surface area contributed by atoms with Crippen molar-refractivity contribution in [1.82, 2.24) is 0 Å². The van der Waals surface area contributed by atoms with Gasteiger partial charge < -0.3 is 10.5 Å². The number of hydrogen-bond donors (Lipinski definition) is 1. The molecular weight excluding hydrogens is 219 g/mol. The fourth-order valence-electron chi connectivity index (χ4n) is 1.88. The molecule has 2 N–H and O–H groups in total. The highest BCUT2D eigenvalue weighted by molar-refractivity contribution is 5.41. The van der Waals surface area contributed by atoms with E-state index in [0.717, 1.165) is 13.2 Å². The van der Waals surface area contributed by atoms with Crippen molar-refractivity contribution in [2.24, 2.45) is 5.73 Å². The number of ether oxygens (including phenoxy) is 1. The van der Waals surface area contributed by atoms with Crippen molar-refractivity contribution in [2.75, 3.05) is 13.7 Å². The minimum absolute atomic E-state index is 0.116. The molecular formula is C11H12F3NO. The summed E-state index contributed by atoms with van der Waals surface area (Å²) in [6.45, 7) is 0.220. The average Bonchev–Trinajstić information content (AvgIpc) is 3.05. The first kappa shape index (κ1) is 11.3. The lowest BCUT2D eigenvalue weighted by Crippen LogP contribution is -2.22. The Morgan fingerprint density at radius 1 is 1.31 bits per heavy atom. The minimum Gasteiger partial charge on any atom is -0.491 e. The van der Waals surface area contributed by atoms with Crippen LogP contribution in [0, 0.1) is 17.5 Å². The van der Waals surface area contributed by atoms with Crippen molar-refractivity contribution in [1.29, 1.82) is 0 Å². The second-order valence-corrected chi connectivity index (χ2v) is 4.05. The third-order valence-electron chi connectivity index (χ3n) is 3.14. The molecule has 0 saturated heterocycles. The number of halogens is 3. The van der Waals surface area contributed by atoms with E-state index in [9.17, 15) is 13.2 Å². The molecule has 16 heavy (non-hydrogen) atoms. The zero-order valence-corrected chi connectivity index (χ0v) is 8.82. The van der Waals surface area contributed by atoms with Crippen molar-refractivity contribution in [3.8, 4) is 5.75 Å². The van der Waals surface area contributed by atoms with Gasteiger partial charge in [0.15, 0.2) is 17.4 Å². The molecule has 1 aliphatic rings. The molecule has 1 aliphatic carbocycles. The van der Waals surface area contributed by atoms with Crippen molar-refractivity contribution in [3.63, 3.8) is 0 Å². The molecule has 88 valence electrons. The van der Waals surface area contributed by atoms with Crippen LogP contribution in [-0.2, 0) is 5.41 Å². The van der Waals surface area contributed by atoms with Crippen LogP contribution in [0.3, 0.4) is 0 Å². The zero-order valence-electron chi connectivity index (χ0n) is 8.82. The number of nitrogens with two attached hydrogens (primary N) is 1. The first-order valence-corrected chi connectivity index (χ1v) is 4.98. The minimum atomic E-state index is -1.29. The molecule has 0 aliphatic heterocycles. The molecule has 2 nitrogen and oxygen atoms in total. The van der Waals surface area contributed by atoms with Gasteiger partial charge in [-0.3, -0.25) is 0 Å². The predicted octanol–water partition coefficient (Wildman–Crippen LogP) is 2.10. The van der Waals surface area contributed by atoms with Gasteiger partial charge >= 0.3 is 0 Å². The van der Waals surface area contributed by atoms with Gasteiger partial charge in [0.1, 0.15) is 0 Å². The molecule has 0 radical (unpaired) electrons. The molecule has 0 spiro atoms. The van der Waals surface area contributed by atoms with E-state index in [4.69, 9.17) is 5.73 Å². The van der Waals surface area contributed by atoms with E-state index < -0.39 is 28.6 Å². The Labute approximate surface area is 91.2 Å². The number of methoxy groups -OCH3 is 1. The van der Waals surface area contributed by atoms with Crippen molar-refractivity contribution < 1.29 is 17.9 Å². The fraction of sp³-hybridized carbons (Fsp3) is 0.455. The van der Waals surface area contributed by atoms with Gasteiger partial charge in [-0.2, -0.15) is 4.39 Å². The summed E-state index contributed by atoms with van der Waals surface area (Å²) < 4.78 is 44.8. The van der Waals surface area contributed by atoms with E-state index in [2.05, 4.69) is 4.74 Å². The van der Waals surface area contributed by atoms with Crippen LogP contribution >= 0.6 is 0 Å². The third-order valence-corrected chi connectivity index (χ3v) is 3.14. The number of hydrogen-bond acceptors (Lipinski definition) is 2. The Bertz CT molecular complexity index is 430. The SMILES string of the molecule is COc1c(F)c(F)cc(C2(CN)CC2)c1F. The summed E-state index contributed by atoms with van der Waals surface area (Å²) in [6.07, 6.45) is 1.38. The highest BCUT2D eigenvalue weighted by atomic mass is 19.2. The molecule has 1 aromatic carbocycles. The Morgan fingerprint density at radius 3 is 2.38 bits per heavy atom. The summed E-state index contributed by atoms with van der Waals surface area (Å²) in [5, 5.41) is 0. The molecule has 5 heteroatoms. The van der Waals surface area contributed by atoms with Gasteiger partial charge in [-0.25, -0.2) is 8.78 Å². The van der Waals surface area contributed by atoms with Crippen LogP contribution in [0.15, 0.2) is 6.07 Å². The van der Waals surface area contributed by atoms with E-state index in [-0.39, 0.29) is 12.1 Å². The number of rotatable bonds is 3. The van der Waals surface area contributed by atoms with Gasteiger partial charge in [0.05, 0.1) is 7.11 Å². The van der Waals surface area contributed by atoms with Crippen LogP contribution in [-0.4, -0.2) is 13.7 Å². The lowest BCUT2D eigenvalue weighted by atomic mass is 9.95. The van der Waals surface area contributed by atoms with E-state index >= 15 is 0 Å². The molecule has 0 atom stereocenters. The predicted molar refractivity (Wildman–Crippen MR) is 52.8 cm³/mol. The molecule has 2 rings (SSSR count). The Morgan fingerprint density at radius 2 is 1.94 bits per heavy atom. The lowest BCUT2D eigenvalue weighted by molar-refractivity contribution is 0.341. The summed E-state index contributed by atoms with van der Waals surface area (Å²) >= 11 is 0. The van der Waals surface area contributed by atoms with E-state index in [0.29, 0.717) is 12.8 Å². The van der Waals surface area contributed by atoms with Crippen LogP contribution in [0.2, 0.25) is 0 Å². The third kappa shape index (κ3) is 1.46. The smallest absolute Gasteiger partial charge is 0.203 e. The van der Waals surface area contributed by atoms with Crippen molar-refractivity contribution in [2.45, 2.75) is 18.3 Å². The van der Waals surface area contributed by atoms with Gasteiger partial charge in [-0.1, -0.05) is 0 Å². The van der Waals surface area contributed by atoms with Crippen LogP contribution < -0.4 is 10.5 Å². The summed E-state index contributed by atoms with van der Waals surface area (Å²) in [4.78, 5) is 0. The van der Waals surface area contributed by atoms with E-state index in [1.165, 1.54) is 0 Å². The standard InChI is InChI=1S/C11H12F3NO/c1-16-10-8(13)6(4-7(12)9(10)14)11(5-15)2-3-11/h4H,2-3,5,15H2,1H3. The summed E-state index contributed by atoms with van der Waals surface area (Å²) in [5.74, 6) is -3.91. The van der Waals surface area contributed by atoms with E-state index in [1.807, 2.05) is 0 Å². The molecule has 0 amide bonds. The van der Waals surface area contributed by atoms with Gasteiger partial charge in [-0.15, -0.1) is 0 Å².